The van der Waals surface area contributed by atoms with E-state index in [1.165, 1.54) is 0 Å². The van der Waals surface area contributed by atoms with Crippen molar-refractivity contribution in [2.24, 2.45) is 11.8 Å². The van der Waals surface area contributed by atoms with E-state index in [0.717, 1.165) is 57.8 Å². The van der Waals surface area contributed by atoms with Crippen molar-refractivity contribution in [3.63, 3.8) is 0 Å². The lowest BCUT2D eigenvalue weighted by molar-refractivity contribution is -0.127. The highest BCUT2D eigenvalue weighted by Gasteiger charge is 2.28. The largest absolute Gasteiger partial charge is 0.381 e. The Morgan fingerprint density at radius 1 is 0.964 bits per heavy atom. The van der Waals surface area contributed by atoms with Gasteiger partial charge >= 0.3 is 0 Å². The lowest BCUT2D eigenvalue weighted by atomic mass is 9.80. The summed E-state index contributed by atoms with van der Waals surface area (Å²) < 4.78 is 11.3. The van der Waals surface area contributed by atoms with Crippen molar-refractivity contribution in [1.29, 1.82) is 0 Å². The van der Waals surface area contributed by atoms with Crippen LogP contribution in [0.3, 0.4) is 0 Å². The van der Waals surface area contributed by atoms with Crippen molar-refractivity contribution in [1.82, 2.24) is 5.32 Å². The highest BCUT2D eigenvalue weighted by molar-refractivity contribution is 5.83. The van der Waals surface area contributed by atoms with Gasteiger partial charge in [0.05, 0.1) is 12.2 Å². The fraction of sp³-hybridized carbons (Fsp3) is 0.913. The molecule has 2 fully saturated rings. The summed E-state index contributed by atoms with van der Waals surface area (Å²) in [4.78, 5) is 24.2. The molecule has 0 unspecified atom stereocenters. The molecular weight excluding hydrogens is 354 g/mol. The van der Waals surface area contributed by atoms with Crippen LogP contribution in [-0.4, -0.2) is 43.7 Å². The second-order valence-electron chi connectivity index (χ2n) is 8.28. The van der Waals surface area contributed by atoms with E-state index in [1.54, 1.807) is 7.11 Å². The van der Waals surface area contributed by atoms with Crippen molar-refractivity contribution >= 4 is 11.7 Å². The Bertz CT molecular complexity index is 442. The first-order chi connectivity index (χ1) is 13.5. The number of ether oxygens (including phenoxy) is 2. The van der Waals surface area contributed by atoms with E-state index in [9.17, 15) is 9.59 Å². The van der Waals surface area contributed by atoms with Crippen molar-refractivity contribution in [2.75, 3.05) is 13.7 Å². The van der Waals surface area contributed by atoms with E-state index in [-0.39, 0.29) is 25.2 Å². The van der Waals surface area contributed by atoms with Gasteiger partial charge in [-0.2, -0.15) is 0 Å². The fourth-order valence-corrected chi connectivity index (χ4v) is 4.21. The number of hydrogen-bond acceptors (Lipinski definition) is 4. The molecule has 0 heterocycles. The quantitative estimate of drug-likeness (QED) is 0.559. The molecule has 0 aliphatic heterocycles. The highest BCUT2D eigenvalue weighted by Crippen LogP contribution is 2.27. The van der Waals surface area contributed by atoms with Crippen molar-refractivity contribution in [3.05, 3.63) is 0 Å². The monoisotopic (exact) mass is 399 g/mol. The van der Waals surface area contributed by atoms with E-state index in [0.29, 0.717) is 31.0 Å². The molecule has 2 aliphatic carbocycles. The maximum atomic E-state index is 12.1. The van der Waals surface area contributed by atoms with Crippen LogP contribution in [0.25, 0.3) is 0 Å². The Hall–Kier alpha value is -0.940. The average molecular weight is 400 g/mol. The molecule has 0 spiro atoms. The van der Waals surface area contributed by atoms with Gasteiger partial charge < -0.3 is 14.8 Å². The number of nitrogens with one attached hydrogen (secondary N) is 1. The minimum Gasteiger partial charge on any atom is -0.381 e. The van der Waals surface area contributed by atoms with Gasteiger partial charge in [-0.3, -0.25) is 9.59 Å². The molecule has 0 aromatic carbocycles. The minimum absolute atomic E-state index is 0. The number of Topliss-reactive ketones (excluding diaryl/α,β-unsaturated/α-hetero) is 1. The van der Waals surface area contributed by atoms with Crippen LogP contribution in [0.2, 0.25) is 0 Å². The van der Waals surface area contributed by atoms with Crippen LogP contribution in [-0.2, 0) is 19.1 Å². The van der Waals surface area contributed by atoms with Gasteiger partial charge in [-0.25, -0.2) is 0 Å². The Kier molecular flexibility index (Phi) is 12.6. The number of methoxy groups -OCH3 is 1. The third kappa shape index (κ3) is 9.04. The number of ketones is 1. The zero-order chi connectivity index (χ0) is 20.9. The number of carbonyl (C=O) groups excluding carboxylic acids is 2. The molecule has 28 heavy (non-hydrogen) atoms. The number of rotatable bonds is 9. The summed E-state index contributed by atoms with van der Waals surface area (Å²) in [5.41, 5.74) is 0. The van der Waals surface area contributed by atoms with Crippen LogP contribution in [0.15, 0.2) is 0 Å². The van der Waals surface area contributed by atoms with Crippen LogP contribution in [0.4, 0.5) is 0 Å². The number of carbonyl (C=O) groups is 2. The third-order valence-corrected chi connectivity index (χ3v) is 5.92. The smallest absolute Gasteiger partial charge is 0.220 e. The maximum absolute atomic E-state index is 12.1. The Morgan fingerprint density at radius 3 is 2.07 bits per heavy atom. The highest BCUT2D eigenvalue weighted by atomic mass is 16.5. The van der Waals surface area contributed by atoms with Gasteiger partial charge in [0.1, 0.15) is 5.78 Å². The standard InChI is InChI=1S/C21H37NO4.C2H6.H2/c1-15(2)21(24)16-6-8-17(9-7-16)22-20(23)5-4-14-26-19-12-10-18(25-3)11-13-19;1-2;/h15-19H,4-14H2,1-3H3,(H,22,23);1-2H3;1H. The summed E-state index contributed by atoms with van der Waals surface area (Å²) in [5, 5.41) is 3.14. The Morgan fingerprint density at radius 2 is 1.54 bits per heavy atom. The lowest BCUT2D eigenvalue weighted by Crippen LogP contribution is -2.39. The molecule has 0 radical (unpaired) electrons. The molecule has 2 rings (SSSR count). The molecule has 5 heteroatoms. The van der Waals surface area contributed by atoms with Crippen molar-refractivity contribution < 1.29 is 20.5 Å². The zero-order valence-electron chi connectivity index (χ0n) is 18.8. The van der Waals surface area contributed by atoms with Crippen LogP contribution in [0.5, 0.6) is 0 Å². The summed E-state index contributed by atoms with van der Waals surface area (Å²) in [7, 11) is 1.78. The minimum atomic E-state index is 0. The molecule has 0 saturated heterocycles. The van der Waals surface area contributed by atoms with E-state index in [2.05, 4.69) is 5.32 Å². The number of hydrogen-bond donors (Lipinski definition) is 1. The number of amides is 1. The van der Waals surface area contributed by atoms with Gasteiger partial charge in [-0.1, -0.05) is 27.7 Å². The van der Waals surface area contributed by atoms with Crippen LogP contribution < -0.4 is 5.32 Å². The molecule has 2 saturated carbocycles. The normalized spacial score (nSPS) is 27.6. The summed E-state index contributed by atoms with van der Waals surface area (Å²) in [6.45, 7) is 8.61. The maximum Gasteiger partial charge on any atom is 0.220 e. The van der Waals surface area contributed by atoms with Gasteiger partial charge in [0.2, 0.25) is 5.91 Å². The van der Waals surface area contributed by atoms with Gasteiger partial charge in [0.25, 0.3) is 0 Å². The Balaban J connectivity index is 0.00000253. The van der Waals surface area contributed by atoms with Crippen molar-refractivity contribution in [2.45, 2.75) is 110 Å². The molecule has 166 valence electrons. The first-order valence-corrected chi connectivity index (χ1v) is 11.5. The first-order valence-electron chi connectivity index (χ1n) is 11.5. The molecule has 1 N–H and O–H groups in total. The van der Waals surface area contributed by atoms with E-state index in [1.807, 2.05) is 27.7 Å². The average Bonchev–Trinajstić information content (AvgIpc) is 2.73. The summed E-state index contributed by atoms with van der Waals surface area (Å²) in [5.74, 6) is 0.822. The predicted octanol–water partition coefficient (Wildman–Crippen LogP) is 4.91. The summed E-state index contributed by atoms with van der Waals surface area (Å²) in [6.07, 6.45) is 9.96. The lowest BCUT2D eigenvalue weighted by Gasteiger charge is -2.29. The molecule has 2 aliphatic rings. The van der Waals surface area contributed by atoms with Crippen LogP contribution in [0.1, 0.15) is 93.3 Å². The van der Waals surface area contributed by atoms with Crippen LogP contribution >= 0.6 is 0 Å². The van der Waals surface area contributed by atoms with E-state index >= 15 is 0 Å². The topological polar surface area (TPSA) is 64.6 Å². The third-order valence-electron chi connectivity index (χ3n) is 5.92. The van der Waals surface area contributed by atoms with Gasteiger partial charge in [-0.05, 0) is 57.8 Å². The molecule has 5 nitrogen and oxygen atoms in total. The van der Waals surface area contributed by atoms with Crippen molar-refractivity contribution in [3.8, 4) is 0 Å². The van der Waals surface area contributed by atoms with Gasteiger partial charge in [-0.15, -0.1) is 0 Å². The second-order valence-corrected chi connectivity index (χ2v) is 8.28. The molecule has 0 atom stereocenters. The van der Waals surface area contributed by atoms with E-state index < -0.39 is 0 Å². The van der Waals surface area contributed by atoms with Gasteiger partial charge in [0.15, 0.2) is 0 Å². The molecule has 0 aromatic heterocycles. The molecule has 0 bridgehead atoms. The molecule has 0 aromatic rings. The van der Waals surface area contributed by atoms with E-state index in [4.69, 9.17) is 9.47 Å². The first kappa shape index (κ1) is 25.1. The fourth-order valence-electron chi connectivity index (χ4n) is 4.21. The predicted molar refractivity (Wildman–Crippen MR) is 115 cm³/mol. The van der Waals surface area contributed by atoms with Gasteiger partial charge in [0, 0.05) is 39.4 Å². The summed E-state index contributed by atoms with van der Waals surface area (Å²) in [6, 6.07) is 0.240. The SMILES string of the molecule is CC.COC1CCC(OCCCC(=O)NC2CCC(C(=O)C(C)C)CC2)CC1.[HH]. The second kappa shape index (κ2) is 14.1. The van der Waals surface area contributed by atoms with Crippen LogP contribution in [0, 0.1) is 11.8 Å². The Labute approximate surface area is 173 Å². The zero-order valence-corrected chi connectivity index (χ0v) is 18.8. The molecular formula is C23H45NO4. The summed E-state index contributed by atoms with van der Waals surface area (Å²) >= 11 is 0. The molecule has 1 amide bonds.